The number of nitrogens with one attached hydrogen (secondary N) is 1. The molecule has 0 bridgehead atoms. The van der Waals surface area contributed by atoms with Crippen LogP contribution in [0.3, 0.4) is 0 Å². The minimum absolute atomic E-state index is 0.279. The van der Waals surface area contributed by atoms with Crippen molar-refractivity contribution in [1.29, 1.82) is 0 Å². The lowest BCUT2D eigenvalue weighted by Gasteiger charge is -2.33. The first-order valence-electron chi connectivity index (χ1n) is 9.07. The fourth-order valence-electron chi connectivity index (χ4n) is 4.13. The number of fused-ring (bicyclic) bond motifs is 1. The zero-order valence-corrected chi connectivity index (χ0v) is 14.2. The molecule has 24 heavy (non-hydrogen) atoms. The molecule has 4 rings (SSSR count). The first-order chi connectivity index (χ1) is 11.8. The van der Waals surface area contributed by atoms with Crippen LogP contribution >= 0.6 is 0 Å². The van der Waals surface area contributed by atoms with Crippen LogP contribution in [0.2, 0.25) is 0 Å². The maximum absolute atomic E-state index is 10.5. The standard InChI is InChI=1S/C19H27N3O2/c23-18-13-21(8-9-22(14-18)17-5-10-24-11-6-17)12-16-3-1-2-15-4-7-20-19(15)16/h1-4,7,17-18,20,23H,5-6,8-14H2. The highest BCUT2D eigenvalue weighted by molar-refractivity contribution is 5.82. The monoisotopic (exact) mass is 329 g/mol. The highest BCUT2D eigenvalue weighted by atomic mass is 16.5. The molecule has 0 radical (unpaired) electrons. The summed E-state index contributed by atoms with van der Waals surface area (Å²) < 4.78 is 5.48. The molecule has 2 aliphatic heterocycles. The summed E-state index contributed by atoms with van der Waals surface area (Å²) in [4.78, 5) is 8.21. The van der Waals surface area contributed by atoms with Crippen LogP contribution in [0.4, 0.5) is 0 Å². The van der Waals surface area contributed by atoms with Crippen LogP contribution in [0, 0.1) is 0 Å². The average molecular weight is 329 g/mol. The van der Waals surface area contributed by atoms with E-state index in [-0.39, 0.29) is 6.10 Å². The highest BCUT2D eigenvalue weighted by Gasteiger charge is 2.27. The second-order valence-corrected chi connectivity index (χ2v) is 7.09. The predicted octanol–water partition coefficient (Wildman–Crippen LogP) is 1.83. The van der Waals surface area contributed by atoms with Crippen molar-refractivity contribution >= 4 is 10.9 Å². The quantitative estimate of drug-likeness (QED) is 0.902. The maximum Gasteiger partial charge on any atom is 0.0794 e. The lowest BCUT2D eigenvalue weighted by Crippen LogP contribution is -2.43. The molecule has 2 saturated heterocycles. The zero-order chi connectivity index (χ0) is 16.4. The fourth-order valence-corrected chi connectivity index (χ4v) is 4.13. The lowest BCUT2D eigenvalue weighted by molar-refractivity contribution is 0.0217. The first kappa shape index (κ1) is 16.1. The van der Waals surface area contributed by atoms with Crippen molar-refractivity contribution in [2.75, 3.05) is 39.4 Å². The molecule has 0 aliphatic carbocycles. The van der Waals surface area contributed by atoms with E-state index in [2.05, 4.69) is 39.0 Å². The number of β-amino-alcohol motifs (C(OH)–C–C–N with tert-alkyl or cyclic N) is 1. The Morgan fingerprint density at radius 2 is 2.00 bits per heavy atom. The van der Waals surface area contributed by atoms with Gasteiger partial charge in [-0.1, -0.05) is 18.2 Å². The molecule has 1 unspecified atom stereocenters. The summed E-state index contributed by atoms with van der Waals surface area (Å²) in [6.45, 7) is 6.17. The van der Waals surface area contributed by atoms with Crippen LogP contribution in [-0.2, 0) is 11.3 Å². The van der Waals surface area contributed by atoms with E-state index in [9.17, 15) is 5.11 Å². The molecule has 1 aromatic heterocycles. The van der Waals surface area contributed by atoms with Gasteiger partial charge in [-0.15, -0.1) is 0 Å². The van der Waals surface area contributed by atoms with Gasteiger partial charge in [-0.3, -0.25) is 9.80 Å². The number of para-hydroxylation sites is 1. The van der Waals surface area contributed by atoms with Gasteiger partial charge in [0.25, 0.3) is 0 Å². The van der Waals surface area contributed by atoms with Crippen LogP contribution in [0.15, 0.2) is 30.5 Å². The smallest absolute Gasteiger partial charge is 0.0794 e. The first-order valence-corrected chi connectivity index (χ1v) is 9.07. The maximum atomic E-state index is 10.5. The van der Waals surface area contributed by atoms with Crippen LogP contribution in [0.25, 0.3) is 10.9 Å². The van der Waals surface area contributed by atoms with Crippen LogP contribution in [0.1, 0.15) is 18.4 Å². The summed E-state index contributed by atoms with van der Waals surface area (Å²) in [5.74, 6) is 0. The van der Waals surface area contributed by atoms with E-state index < -0.39 is 0 Å². The van der Waals surface area contributed by atoms with Crippen molar-refractivity contribution in [2.24, 2.45) is 0 Å². The van der Waals surface area contributed by atoms with E-state index in [1.54, 1.807) is 0 Å². The van der Waals surface area contributed by atoms with E-state index in [1.807, 2.05) is 6.20 Å². The van der Waals surface area contributed by atoms with Crippen LogP contribution in [-0.4, -0.2) is 71.4 Å². The summed E-state index contributed by atoms with van der Waals surface area (Å²) in [6.07, 6.45) is 3.90. The van der Waals surface area contributed by atoms with E-state index >= 15 is 0 Å². The summed E-state index contributed by atoms with van der Waals surface area (Å²) >= 11 is 0. The molecule has 3 heterocycles. The van der Waals surface area contributed by atoms with Crippen molar-refractivity contribution in [3.63, 3.8) is 0 Å². The number of aliphatic hydroxyl groups excluding tert-OH is 1. The van der Waals surface area contributed by atoms with Gasteiger partial charge in [-0.05, 0) is 29.9 Å². The van der Waals surface area contributed by atoms with E-state index in [4.69, 9.17) is 4.74 Å². The molecule has 5 nitrogen and oxygen atoms in total. The van der Waals surface area contributed by atoms with Gasteiger partial charge in [0.05, 0.1) is 6.10 Å². The van der Waals surface area contributed by atoms with E-state index in [1.165, 1.54) is 16.5 Å². The average Bonchev–Trinajstić information content (AvgIpc) is 3.01. The lowest BCUT2D eigenvalue weighted by atomic mass is 10.1. The number of aliphatic hydroxyl groups is 1. The summed E-state index contributed by atoms with van der Waals surface area (Å²) in [6, 6.07) is 9.13. The van der Waals surface area contributed by atoms with Gasteiger partial charge < -0.3 is 14.8 Å². The fraction of sp³-hybridized carbons (Fsp3) is 0.579. The van der Waals surface area contributed by atoms with E-state index in [0.29, 0.717) is 6.04 Å². The van der Waals surface area contributed by atoms with Gasteiger partial charge in [0.15, 0.2) is 0 Å². The van der Waals surface area contributed by atoms with Gasteiger partial charge in [0, 0.05) is 63.7 Å². The molecule has 5 heteroatoms. The van der Waals surface area contributed by atoms with Gasteiger partial charge in [-0.25, -0.2) is 0 Å². The molecule has 1 atom stereocenters. The number of hydrogen-bond acceptors (Lipinski definition) is 4. The van der Waals surface area contributed by atoms with Gasteiger partial charge >= 0.3 is 0 Å². The summed E-state index contributed by atoms with van der Waals surface area (Å²) in [5.41, 5.74) is 2.53. The number of ether oxygens (including phenoxy) is 1. The van der Waals surface area contributed by atoms with E-state index in [0.717, 1.165) is 58.8 Å². The topological polar surface area (TPSA) is 51.7 Å². The Morgan fingerprint density at radius 1 is 1.12 bits per heavy atom. The predicted molar refractivity (Wildman–Crippen MR) is 95.0 cm³/mol. The number of rotatable bonds is 3. The number of nitrogens with zero attached hydrogens (tertiary/aromatic N) is 2. The molecule has 2 N–H and O–H groups in total. The molecule has 130 valence electrons. The Morgan fingerprint density at radius 3 is 2.88 bits per heavy atom. The number of hydrogen-bond donors (Lipinski definition) is 2. The number of aromatic nitrogens is 1. The van der Waals surface area contributed by atoms with Crippen LogP contribution < -0.4 is 0 Å². The van der Waals surface area contributed by atoms with Crippen molar-refractivity contribution in [1.82, 2.24) is 14.8 Å². The molecule has 1 aromatic carbocycles. The molecular weight excluding hydrogens is 302 g/mol. The Labute approximate surface area is 143 Å². The molecule has 2 aromatic rings. The van der Waals surface area contributed by atoms with Crippen molar-refractivity contribution in [3.8, 4) is 0 Å². The highest BCUT2D eigenvalue weighted by Crippen LogP contribution is 2.21. The summed E-state index contributed by atoms with van der Waals surface area (Å²) in [7, 11) is 0. The third-order valence-corrected chi connectivity index (χ3v) is 5.39. The van der Waals surface area contributed by atoms with Crippen molar-refractivity contribution in [2.45, 2.75) is 31.5 Å². The third-order valence-electron chi connectivity index (χ3n) is 5.39. The van der Waals surface area contributed by atoms with Gasteiger partial charge in [-0.2, -0.15) is 0 Å². The van der Waals surface area contributed by atoms with Crippen molar-refractivity contribution in [3.05, 3.63) is 36.0 Å². The largest absolute Gasteiger partial charge is 0.390 e. The molecule has 2 fully saturated rings. The minimum atomic E-state index is -0.279. The third kappa shape index (κ3) is 3.49. The molecular formula is C19H27N3O2. The minimum Gasteiger partial charge on any atom is -0.390 e. The Hall–Kier alpha value is -1.40. The van der Waals surface area contributed by atoms with Gasteiger partial charge in [0.2, 0.25) is 0 Å². The Kier molecular flexibility index (Phi) is 4.85. The van der Waals surface area contributed by atoms with Crippen LogP contribution in [0.5, 0.6) is 0 Å². The number of aromatic amines is 1. The number of benzene rings is 1. The zero-order valence-electron chi connectivity index (χ0n) is 14.2. The molecule has 0 saturated carbocycles. The SMILES string of the molecule is OC1CN(Cc2cccc3cc[nH]c23)CCN(C2CCOCC2)C1. The molecule has 0 spiro atoms. The molecule has 0 amide bonds. The normalized spacial score (nSPS) is 25.1. The Balaban J connectivity index is 1.44. The number of H-pyrrole nitrogens is 1. The molecule has 2 aliphatic rings. The van der Waals surface area contributed by atoms with Crippen molar-refractivity contribution < 1.29 is 9.84 Å². The Bertz CT molecular complexity index is 665. The second-order valence-electron chi connectivity index (χ2n) is 7.09. The van der Waals surface area contributed by atoms with Gasteiger partial charge in [0.1, 0.15) is 0 Å². The summed E-state index contributed by atoms with van der Waals surface area (Å²) in [5, 5.41) is 11.7. The second kappa shape index (κ2) is 7.23.